The van der Waals surface area contributed by atoms with Crippen molar-refractivity contribution in [3.8, 4) is 0 Å². The van der Waals surface area contributed by atoms with E-state index in [-0.39, 0.29) is 25.7 Å². The van der Waals surface area contributed by atoms with Crippen LogP contribution in [0.5, 0.6) is 0 Å². The van der Waals surface area contributed by atoms with Crippen LogP contribution in [0.2, 0.25) is 0 Å². The lowest BCUT2D eigenvalue weighted by Gasteiger charge is -2.22. The smallest absolute Gasteiger partial charge is 0.255 e. The summed E-state index contributed by atoms with van der Waals surface area (Å²) in [6, 6.07) is 0.122. The van der Waals surface area contributed by atoms with Crippen LogP contribution in [0.15, 0.2) is 0 Å². The molecule has 0 saturated carbocycles. The highest BCUT2D eigenvalue weighted by Gasteiger charge is 2.17. The first-order valence-corrected chi connectivity index (χ1v) is 4.87. The fourth-order valence-electron chi connectivity index (χ4n) is 1.01. The zero-order valence-electron chi connectivity index (χ0n) is 9.04. The molecule has 6 heteroatoms. The normalized spacial score (nSPS) is 11.1. The quantitative estimate of drug-likeness (QED) is 0.643. The van der Waals surface area contributed by atoms with Crippen LogP contribution in [0.1, 0.15) is 13.8 Å². The molecule has 0 aromatic carbocycles. The summed E-state index contributed by atoms with van der Waals surface area (Å²) in [6.07, 6.45) is -2.57. The average Bonchev–Trinajstić information content (AvgIpc) is 2.12. The van der Waals surface area contributed by atoms with Crippen molar-refractivity contribution in [3.63, 3.8) is 0 Å². The number of nitrogens with one attached hydrogen (secondary N) is 1. The Hall–Kier alpha value is -0.750. The molecule has 0 unspecified atom stereocenters. The Labute approximate surface area is 88.3 Å². The highest BCUT2D eigenvalue weighted by Crippen LogP contribution is 1.98. The third kappa shape index (κ3) is 7.21. The number of nitrogens with zero attached hydrogens (tertiary/aromatic N) is 1. The third-order valence-corrected chi connectivity index (χ3v) is 1.74. The second-order valence-corrected chi connectivity index (χ2v) is 3.49. The maximum Gasteiger partial charge on any atom is 0.255 e. The molecule has 4 nitrogen and oxygen atoms in total. The van der Waals surface area contributed by atoms with Crippen molar-refractivity contribution < 1.29 is 18.7 Å². The van der Waals surface area contributed by atoms with E-state index in [1.165, 1.54) is 0 Å². The molecule has 0 aromatic rings. The van der Waals surface area contributed by atoms with E-state index in [1.54, 1.807) is 0 Å². The van der Waals surface area contributed by atoms with E-state index in [4.69, 9.17) is 5.11 Å². The topological polar surface area (TPSA) is 52.6 Å². The van der Waals surface area contributed by atoms with Crippen LogP contribution < -0.4 is 5.32 Å². The van der Waals surface area contributed by atoms with E-state index in [0.717, 1.165) is 4.90 Å². The maximum absolute atomic E-state index is 12.1. The Kier molecular flexibility index (Phi) is 7.15. The predicted octanol–water partition coefficient (Wildman–Crippen LogP) is 0.0704. The van der Waals surface area contributed by atoms with E-state index in [0.29, 0.717) is 0 Å². The van der Waals surface area contributed by atoms with Gasteiger partial charge >= 0.3 is 0 Å². The molecule has 90 valence electrons. The van der Waals surface area contributed by atoms with Crippen molar-refractivity contribution in [2.45, 2.75) is 26.3 Å². The standard InChI is InChI=1S/C9H18F2N2O2/c1-7(2)12-5-9(15)13(3-4-14)6-8(10)11/h7-8,12,14H,3-6H2,1-2H3. The molecule has 15 heavy (non-hydrogen) atoms. The van der Waals surface area contributed by atoms with Crippen molar-refractivity contribution in [2.24, 2.45) is 0 Å². The molecule has 0 aliphatic carbocycles. The van der Waals surface area contributed by atoms with E-state index < -0.39 is 18.9 Å². The molecule has 2 N–H and O–H groups in total. The Bertz CT molecular complexity index is 189. The van der Waals surface area contributed by atoms with Crippen LogP contribution >= 0.6 is 0 Å². The molecule has 1 amide bonds. The molecule has 0 saturated heterocycles. The van der Waals surface area contributed by atoms with E-state index >= 15 is 0 Å². The van der Waals surface area contributed by atoms with Gasteiger partial charge in [-0.3, -0.25) is 4.79 Å². The van der Waals surface area contributed by atoms with Crippen LogP contribution in [0.3, 0.4) is 0 Å². The van der Waals surface area contributed by atoms with Gasteiger partial charge in [0.25, 0.3) is 6.43 Å². The van der Waals surface area contributed by atoms with Crippen molar-refractivity contribution in [1.82, 2.24) is 10.2 Å². The van der Waals surface area contributed by atoms with Gasteiger partial charge in [-0.15, -0.1) is 0 Å². The van der Waals surface area contributed by atoms with Crippen molar-refractivity contribution >= 4 is 5.91 Å². The summed E-state index contributed by atoms with van der Waals surface area (Å²) < 4.78 is 24.1. The Morgan fingerprint density at radius 3 is 2.47 bits per heavy atom. The minimum atomic E-state index is -2.57. The number of alkyl halides is 2. The Balaban J connectivity index is 4.04. The van der Waals surface area contributed by atoms with Crippen LogP contribution in [0, 0.1) is 0 Å². The molecule has 0 rings (SSSR count). The Morgan fingerprint density at radius 2 is 2.07 bits per heavy atom. The molecule has 0 aliphatic heterocycles. The zero-order chi connectivity index (χ0) is 11.8. The number of amides is 1. The molecule has 0 atom stereocenters. The molecule has 0 fully saturated rings. The summed E-state index contributed by atoms with van der Waals surface area (Å²) in [5.41, 5.74) is 0. The van der Waals surface area contributed by atoms with Crippen molar-refractivity contribution in [1.29, 1.82) is 0 Å². The van der Waals surface area contributed by atoms with Crippen molar-refractivity contribution in [3.05, 3.63) is 0 Å². The Morgan fingerprint density at radius 1 is 1.47 bits per heavy atom. The van der Waals surface area contributed by atoms with E-state index in [1.807, 2.05) is 13.8 Å². The summed E-state index contributed by atoms with van der Waals surface area (Å²) in [5, 5.41) is 11.5. The largest absolute Gasteiger partial charge is 0.395 e. The number of hydrogen-bond acceptors (Lipinski definition) is 3. The predicted molar refractivity (Wildman–Crippen MR) is 52.8 cm³/mol. The van der Waals surface area contributed by atoms with Gasteiger partial charge in [0.15, 0.2) is 0 Å². The monoisotopic (exact) mass is 224 g/mol. The lowest BCUT2D eigenvalue weighted by Crippen LogP contribution is -2.43. The summed E-state index contributed by atoms with van der Waals surface area (Å²) >= 11 is 0. The van der Waals surface area contributed by atoms with Gasteiger partial charge in [0.1, 0.15) is 0 Å². The highest BCUT2D eigenvalue weighted by molar-refractivity contribution is 5.78. The van der Waals surface area contributed by atoms with Gasteiger partial charge < -0.3 is 15.3 Å². The first kappa shape index (κ1) is 14.2. The lowest BCUT2D eigenvalue weighted by molar-refractivity contribution is -0.132. The van der Waals surface area contributed by atoms with Gasteiger partial charge in [-0.05, 0) is 0 Å². The average molecular weight is 224 g/mol. The van der Waals surface area contributed by atoms with Gasteiger partial charge in [0.05, 0.1) is 19.7 Å². The molecule has 0 bridgehead atoms. The molecule has 0 radical (unpaired) electrons. The van der Waals surface area contributed by atoms with Crippen LogP contribution in [0.25, 0.3) is 0 Å². The van der Waals surface area contributed by atoms with Crippen LogP contribution in [0.4, 0.5) is 8.78 Å². The number of aliphatic hydroxyl groups excluding tert-OH is 1. The number of carbonyl (C=O) groups is 1. The first-order chi connectivity index (χ1) is 6.97. The third-order valence-electron chi connectivity index (χ3n) is 1.74. The van der Waals surface area contributed by atoms with E-state index in [9.17, 15) is 13.6 Å². The fourth-order valence-corrected chi connectivity index (χ4v) is 1.01. The number of halogens is 2. The van der Waals surface area contributed by atoms with Gasteiger partial charge in [0.2, 0.25) is 5.91 Å². The molecule has 0 spiro atoms. The van der Waals surface area contributed by atoms with Gasteiger partial charge in [-0.1, -0.05) is 13.8 Å². The minimum absolute atomic E-state index is 0.0182. The lowest BCUT2D eigenvalue weighted by atomic mass is 10.3. The zero-order valence-corrected chi connectivity index (χ0v) is 9.04. The number of carbonyl (C=O) groups excluding carboxylic acids is 1. The van der Waals surface area contributed by atoms with Gasteiger partial charge in [0, 0.05) is 12.6 Å². The summed E-state index contributed by atoms with van der Waals surface area (Å²) in [6.45, 7) is 2.75. The molecule has 0 aromatic heterocycles. The number of hydrogen-bond donors (Lipinski definition) is 2. The maximum atomic E-state index is 12.1. The SMILES string of the molecule is CC(C)NCC(=O)N(CCO)CC(F)F. The van der Waals surface area contributed by atoms with Crippen molar-refractivity contribution in [2.75, 3.05) is 26.2 Å². The van der Waals surface area contributed by atoms with Crippen LogP contribution in [-0.2, 0) is 4.79 Å². The second-order valence-electron chi connectivity index (χ2n) is 3.49. The molecule has 0 heterocycles. The molecular formula is C9H18F2N2O2. The molecular weight excluding hydrogens is 206 g/mol. The summed E-state index contributed by atoms with van der Waals surface area (Å²) in [4.78, 5) is 12.4. The molecule has 0 aliphatic rings. The number of rotatable bonds is 7. The van der Waals surface area contributed by atoms with Crippen LogP contribution in [-0.4, -0.2) is 54.6 Å². The van der Waals surface area contributed by atoms with Gasteiger partial charge in [-0.2, -0.15) is 0 Å². The second kappa shape index (κ2) is 7.53. The fraction of sp³-hybridized carbons (Fsp3) is 0.889. The van der Waals surface area contributed by atoms with Gasteiger partial charge in [-0.25, -0.2) is 8.78 Å². The summed E-state index contributed by atoms with van der Waals surface area (Å²) in [7, 11) is 0. The van der Waals surface area contributed by atoms with E-state index in [2.05, 4.69) is 5.32 Å². The first-order valence-electron chi connectivity index (χ1n) is 4.87. The minimum Gasteiger partial charge on any atom is -0.395 e. The number of aliphatic hydroxyl groups is 1. The summed E-state index contributed by atoms with van der Waals surface area (Å²) in [5.74, 6) is -0.418. The highest BCUT2D eigenvalue weighted by atomic mass is 19.3.